The minimum Gasteiger partial charge on any atom is -0.368 e. The number of nitrogen functional groups attached to an aromatic ring is 1. The van der Waals surface area contributed by atoms with Crippen molar-refractivity contribution >= 4 is 22.8 Å². The van der Waals surface area contributed by atoms with Crippen LogP contribution in [0.2, 0.25) is 0 Å². The smallest absolute Gasteiger partial charge is 0.254 e. The van der Waals surface area contributed by atoms with E-state index in [-0.39, 0.29) is 18.0 Å². The van der Waals surface area contributed by atoms with E-state index in [4.69, 9.17) is 10.5 Å². The predicted molar refractivity (Wildman–Crippen MR) is 116 cm³/mol. The fourth-order valence-electron chi connectivity index (χ4n) is 3.73. The number of anilines is 1. The van der Waals surface area contributed by atoms with E-state index in [9.17, 15) is 4.79 Å². The van der Waals surface area contributed by atoms with Crippen molar-refractivity contribution in [2.24, 2.45) is 0 Å². The topological polar surface area (TPSA) is 107 Å². The summed E-state index contributed by atoms with van der Waals surface area (Å²) < 4.78 is 5.92. The van der Waals surface area contributed by atoms with Crippen LogP contribution in [0.5, 0.6) is 0 Å². The Bertz CT molecular complexity index is 1220. The average molecular weight is 412 g/mol. The number of nitrogens with two attached hydrogens (primary N) is 1. The molecule has 31 heavy (non-hydrogen) atoms. The highest BCUT2D eigenvalue weighted by molar-refractivity contribution is 6.06. The van der Waals surface area contributed by atoms with Gasteiger partial charge in [-0.2, -0.15) is 0 Å². The maximum absolute atomic E-state index is 13.3. The number of hydrogen-bond acceptors (Lipinski definition) is 7. The van der Waals surface area contributed by atoms with Crippen LogP contribution < -0.4 is 5.73 Å². The number of hydrogen-bond donors (Lipinski definition) is 1. The summed E-state index contributed by atoms with van der Waals surface area (Å²) in [6.45, 7) is 1.42. The third-order valence-electron chi connectivity index (χ3n) is 5.35. The standard InChI is InChI=1S/C23H20N6O2/c24-23-27-12-16(13-28-23)15-6-7-20(26-11-15)21-14-29(9-10-31-21)22(30)18-3-1-5-19-17(18)4-2-8-25-19/h1-8,11-13,21H,9-10,14H2,(H2,24,27,28)/t21-/m0/s1. The number of rotatable bonds is 3. The highest BCUT2D eigenvalue weighted by Crippen LogP contribution is 2.26. The van der Waals surface area contributed by atoms with E-state index < -0.39 is 0 Å². The minimum absolute atomic E-state index is 0.0254. The molecule has 5 rings (SSSR count). The second kappa shape index (κ2) is 8.08. The van der Waals surface area contributed by atoms with Crippen LogP contribution in [0.1, 0.15) is 22.2 Å². The van der Waals surface area contributed by atoms with Gasteiger partial charge in [0.15, 0.2) is 0 Å². The molecule has 1 aliphatic rings. The van der Waals surface area contributed by atoms with E-state index in [1.165, 1.54) is 0 Å². The summed E-state index contributed by atoms with van der Waals surface area (Å²) in [5.41, 5.74) is 9.50. The summed E-state index contributed by atoms with van der Waals surface area (Å²) in [6.07, 6.45) is 6.52. The van der Waals surface area contributed by atoms with Crippen molar-refractivity contribution in [2.45, 2.75) is 6.10 Å². The molecule has 0 saturated carbocycles. The zero-order valence-corrected chi connectivity index (χ0v) is 16.7. The van der Waals surface area contributed by atoms with Gasteiger partial charge in [-0.15, -0.1) is 0 Å². The molecule has 3 aromatic heterocycles. The Morgan fingerprint density at radius 3 is 2.61 bits per heavy atom. The summed E-state index contributed by atoms with van der Waals surface area (Å²) >= 11 is 0. The molecule has 8 heteroatoms. The second-order valence-electron chi connectivity index (χ2n) is 7.29. The Kier molecular flexibility index (Phi) is 4.97. The van der Waals surface area contributed by atoms with Gasteiger partial charge >= 0.3 is 0 Å². The minimum atomic E-state index is -0.289. The summed E-state index contributed by atoms with van der Waals surface area (Å²) in [5, 5.41) is 0.853. The van der Waals surface area contributed by atoms with Gasteiger partial charge < -0.3 is 15.4 Å². The molecule has 4 aromatic rings. The molecule has 2 N–H and O–H groups in total. The van der Waals surface area contributed by atoms with E-state index in [1.807, 2.05) is 47.4 Å². The molecule has 0 spiro atoms. The number of nitrogens with zero attached hydrogens (tertiary/aromatic N) is 5. The maximum Gasteiger partial charge on any atom is 0.254 e. The van der Waals surface area contributed by atoms with Crippen LogP contribution in [0.3, 0.4) is 0 Å². The molecule has 1 aliphatic heterocycles. The van der Waals surface area contributed by atoms with Gasteiger partial charge in [0.05, 0.1) is 24.4 Å². The summed E-state index contributed by atoms with van der Waals surface area (Å²) in [7, 11) is 0. The van der Waals surface area contributed by atoms with Crippen LogP contribution in [0.4, 0.5) is 5.95 Å². The Morgan fingerprint density at radius 1 is 0.968 bits per heavy atom. The highest BCUT2D eigenvalue weighted by atomic mass is 16.5. The molecule has 154 valence electrons. The van der Waals surface area contributed by atoms with Gasteiger partial charge in [-0.05, 0) is 24.3 Å². The number of aromatic nitrogens is 4. The molecular weight excluding hydrogens is 392 g/mol. The first-order valence-electron chi connectivity index (χ1n) is 9.97. The molecule has 1 amide bonds. The van der Waals surface area contributed by atoms with Crippen molar-refractivity contribution in [1.29, 1.82) is 0 Å². The number of pyridine rings is 2. The molecule has 4 heterocycles. The monoisotopic (exact) mass is 412 g/mol. The third kappa shape index (κ3) is 3.80. The largest absolute Gasteiger partial charge is 0.368 e. The first kappa shape index (κ1) is 19.1. The Morgan fingerprint density at radius 2 is 1.81 bits per heavy atom. The molecule has 1 aromatic carbocycles. The molecule has 0 radical (unpaired) electrons. The molecule has 1 atom stereocenters. The molecule has 0 bridgehead atoms. The van der Waals surface area contributed by atoms with Gasteiger partial charge in [-0.3, -0.25) is 14.8 Å². The third-order valence-corrected chi connectivity index (χ3v) is 5.35. The Hall–Kier alpha value is -3.91. The van der Waals surface area contributed by atoms with Gasteiger partial charge in [0, 0.05) is 53.4 Å². The van der Waals surface area contributed by atoms with Crippen molar-refractivity contribution in [3.05, 3.63) is 78.5 Å². The number of carbonyl (C=O) groups excluding carboxylic acids is 1. The lowest BCUT2D eigenvalue weighted by atomic mass is 10.1. The summed E-state index contributed by atoms with van der Waals surface area (Å²) in [5.74, 6) is 0.207. The van der Waals surface area contributed by atoms with E-state index >= 15 is 0 Å². The van der Waals surface area contributed by atoms with Crippen LogP contribution in [0.15, 0.2) is 67.3 Å². The van der Waals surface area contributed by atoms with Crippen LogP contribution in [-0.4, -0.2) is 50.4 Å². The van der Waals surface area contributed by atoms with Gasteiger partial charge in [-0.1, -0.05) is 18.2 Å². The second-order valence-corrected chi connectivity index (χ2v) is 7.29. The van der Waals surface area contributed by atoms with Crippen molar-refractivity contribution in [2.75, 3.05) is 25.4 Å². The van der Waals surface area contributed by atoms with Crippen molar-refractivity contribution in [3.63, 3.8) is 0 Å². The number of fused-ring (bicyclic) bond motifs is 1. The fourth-order valence-corrected chi connectivity index (χ4v) is 3.73. The number of amides is 1. The quantitative estimate of drug-likeness (QED) is 0.551. The lowest BCUT2D eigenvalue weighted by Gasteiger charge is -2.33. The van der Waals surface area contributed by atoms with Crippen molar-refractivity contribution < 1.29 is 9.53 Å². The van der Waals surface area contributed by atoms with Crippen molar-refractivity contribution in [1.82, 2.24) is 24.8 Å². The molecule has 1 saturated heterocycles. The van der Waals surface area contributed by atoms with Crippen LogP contribution in [0, 0.1) is 0 Å². The summed E-state index contributed by atoms with van der Waals surface area (Å²) in [6, 6.07) is 13.2. The van der Waals surface area contributed by atoms with Gasteiger partial charge in [0.1, 0.15) is 6.10 Å². The highest BCUT2D eigenvalue weighted by Gasteiger charge is 2.27. The number of morpholine rings is 1. The molecule has 0 aliphatic carbocycles. The van der Waals surface area contributed by atoms with Crippen LogP contribution in [-0.2, 0) is 4.74 Å². The average Bonchev–Trinajstić information content (AvgIpc) is 2.84. The van der Waals surface area contributed by atoms with Gasteiger partial charge in [-0.25, -0.2) is 9.97 Å². The lowest BCUT2D eigenvalue weighted by molar-refractivity contribution is -0.0246. The van der Waals surface area contributed by atoms with Gasteiger partial charge in [0.25, 0.3) is 5.91 Å². The first-order chi connectivity index (χ1) is 15.2. The van der Waals surface area contributed by atoms with E-state index in [1.54, 1.807) is 24.8 Å². The number of benzene rings is 1. The van der Waals surface area contributed by atoms with Gasteiger partial charge in [0.2, 0.25) is 5.95 Å². The molecule has 1 fully saturated rings. The SMILES string of the molecule is Nc1ncc(-c2ccc([C@@H]3CN(C(=O)c4cccc5ncccc45)CCO3)nc2)cn1. The zero-order valence-electron chi connectivity index (χ0n) is 16.7. The zero-order chi connectivity index (χ0) is 21.2. The Balaban J connectivity index is 1.35. The Labute approximate surface area is 178 Å². The van der Waals surface area contributed by atoms with Crippen LogP contribution in [0.25, 0.3) is 22.0 Å². The first-order valence-corrected chi connectivity index (χ1v) is 9.97. The molecular formula is C23H20N6O2. The molecule has 0 unspecified atom stereocenters. The fraction of sp³-hybridized carbons (Fsp3) is 0.174. The van der Waals surface area contributed by atoms with E-state index in [0.29, 0.717) is 25.3 Å². The molecule has 8 nitrogen and oxygen atoms in total. The van der Waals surface area contributed by atoms with Crippen molar-refractivity contribution in [3.8, 4) is 11.1 Å². The predicted octanol–water partition coefficient (Wildman–Crippen LogP) is 2.88. The normalized spacial score (nSPS) is 16.4. The number of ether oxygens (including phenoxy) is 1. The maximum atomic E-state index is 13.3. The van der Waals surface area contributed by atoms with E-state index in [0.717, 1.165) is 27.7 Å². The van der Waals surface area contributed by atoms with Crippen LogP contribution >= 0.6 is 0 Å². The number of carbonyl (C=O) groups is 1. The van der Waals surface area contributed by atoms with E-state index in [2.05, 4.69) is 19.9 Å². The summed E-state index contributed by atoms with van der Waals surface area (Å²) in [4.78, 5) is 32.0. The lowest BCUT2D eigenvalue weighted by Crippen LogP contribution is -2.42.